The monoisotopic (exact) mass is 479 g/mol. The SMILES string of the molecule is O=C(/C=C/c1ccc(Br)s1)N(Cc1ccccc1)Cc1nc2ccccc2c(=O)[nH]1. The van der Waals surface area contributed by atoms with E-state index in [1.54, 1.807) is 46.6 Å². The molecule has 0 atom stereocenters. The molecule has 4 rings (SSSR count). The van der Waals surface area contributed by atoms with Crippen LogP contribution in [0.5, 0.6) is 0 Å². The fourth-order valence-electron chi connectivity index (χ4n) is 3.08. The van der Waals surface area contributed by atoms with Gasteiger partial charge in [0, 0.05) is 17.5 Å². The number of carbonyl (C=O) groups excluding carboxylic acids is 1. The highest BCUT2D eigenvalue weighted by atomic mass is 79.9. The van der Waals surface area contributed by atoms with Crippen LogP contribution in [0.15, 0.2) is 81.4 Å². The second-order valence-corrected chi connectivity index (χ2v) is 9.18. The topological polar surface area (TPSA) is 66.1 Å². The minimum Gasteiger partial charge on any atom is -0.327 e. The highest BCUT2D eigenvalue weighted by molar-refractivity contribution is 9.11. The number of fused-ring (bicyclic) bond motifs is 1. The van der Waals surface area contributed by atoms with E-state index in [9.17, 15) is 9.59 Å². The normalized spacial score (nSPS) is 11.2. The summed E-state index contributed by atoms with van der Waals surface area (Å²) in [6.07, 6.45) is 3.35. The Labute approximate surface area is 185 Å². The van der Waals surface area contributed by atoms with E-state index in [1.165, 1.54) is 0 Å². The summed E-state index contributed by atoms with van der Waals surface area (Å²) in [5.74, 6) is 0.300. The Morgan fingerprint density at radius 1 is 1.03 bits per heavy atom. The van der Waals surface area contributed by atoms with E-state index in [0.29, 0.717) is 23.3 Å². The molecule has 5 nitrogen and oxygen atoms in total. The molecule has 0 aliphatic rings. The number of nitrogens with zero attached hydrogens (tertiary/aromatic N) is 2. The van der Waals surface area contributed by atoms with E-state index in [1.807, 2.05) is 48.5 Å². The number of nitrogens with one attached hydrogen (secondary N) is 1. The molecule has 0 fully saturated rings. The number of aromatic nitrogens is 2. The summed E-state index contributed by atoms with van der Waals surface area (Å²) in [5.41, 5.74) is 1.41. The van der Waals surface area contributed by atoms with E-state index < -0.39 is 0 Å². The van der Waals surface area contributed by atoms with Crippen molar-refractivity contribution in [2.75, 3.05) is 0 Å². The lowest BCUT2D eigenvalue weighted by Crippen LogP contribution is -2.30. The molecule has 150 valence electrons. The maximum Gasteiger partial charge on any atom is 0.258 e. The standard InChI is InChI=1S/C23H18BrN3O2S/c24-20-12-10-17(30-20)11-13-22(28)27(14-16-6-2-1-3-7-16)15-21-25-19-9-5-4-8-18(19)23(29)26-21/h1-13H,14-15H2,(H,25,26,29)/b13-11+. The fraction of sp³-hybridized carbons (Fsp3) is 0.0870. The van der Waals surface area contributed by atoms with Crippen LogP contribution in [0.2, 0.25) is 0 Å². The van der Waals surface area contributed by atoms with Crippen molar-refractivity contribution in [1.29, 1.82) is 0 Å². The molecule has 1 amide bonds. The van der Waals surface area contributed by atoms with Crippen molar-refractivity contribution in [3.05, 3.63) is 103 Å². The Kier molecular flexibility index (Phi) is 6.21. The molecule has 0 radical (unpaired) electrons. The van der Waals surface area contributed by atoms with Gasteiger partial charge in [-0.2, -0.15) is 0 Å². The molecule has 2 heterocycles. The Morgan fingerprint density at radius 2 is 1.80 bits per heavy atom. The average Bonchev–Trinajstić information content (AvgIpc) is 3.17. The number of hydrogen-bond acceptors (Lipinski definition) is 4. The van der Waals surface area contributed by atoms with Crippen LogP contribution in [-0.2, 0) is 17.9 Å². The van der Waals surface area contributed by atoms with E-state index in [-0.39, 0.29) is 18.0 Å². The van der Waals surface area contributed by atoms with Gasteiger partial charge in [0.15, 0.2) is 0 Å². The van der Waals surface area contributed by atoms with Gasteiger partial charge in [-0.1, -0.05) is 42.5 Å². The van der Waals surface area contributed by atoms with E-state index in [0.717, 1.165) is 14.2 Å². The Hall–Kier alpha value is -3.03. The van der Waals surface area contributed by atoms with Crippen molar-refractivity contribution >= 4 is 50.2 Å². The van der Waals surface area contributed by atoms with Gasteiger partial charge in [-0.15, -0.1) is 11.3 Å². The number of halogens is 1. The highest BCUT2D eigenvalue weighted by Gasteiger charge is 2.15. The summed E-state index contributed by atoms with van der Waals surface area (Å²) in [6.45, 7) is 0.612. The lowest BCUT2D eigenvalue weighted by atomic mass is 10.2. The lowest BCUT2D eigenvalue weighted by molar-refractivity contribution is -0.127. The zero-order valence-corrected chi connectivity index (χ0v) is 18.3. The first-order valence-electron chi connectivity index (χ1n) is 9.33. The first-order chi connectivity index (χ1) is 14.6. The van der Waals surface area contributed by atoms with Gasteiger partial charge >= 0.3 is 0 Å². The van der Waals surface area contributed by atoms with Gasteiger partial charge in [0.25, 0.3) is 5.56 Å². The number of hydrogen-bond donors (Lipinski definition) is 1. The number of H-pyrrole nitrogens is 1. The van der Waals surface area contributed by atoms with Crippen LogP contribution in [0.25, 0.3) is 17.0 Å². The van der Waals surface area contributed by atoms with Crippen LogP contribution in [0, 0.1) is 0 Å². The van der Waals surface area contributed by atoms with Gasteiger partial charge in [-0.3, -0.25) is 9.59 Å². The van der Waals surface area contributed by atoms with Gasteiger partial charge in [0.1, 0.15) is 5.82 Å². The molecule has 0 unspecified atom stereocenters. The summed E-state index contributed by atoms with van der Waals surface area (Å²) in [7, 11) is 0. The van der Waals surface area contributed by atoms with E-state index in [4.69, 9.17) is 0 Å². The molecule has 1 N–H and O–H groups in total. The van der Waals surface area contributed by atoms with Gasteiger partial charge in [-0.25, -0.2) is 4.98 Å². The summed E-state index contributed by atoms with van der Waals surface area (Å²) in [4.78, 5) is 35.4. The van der Waals surface area contributed by atoms with Crippen LogP contribution in [0.4, 0.5) is 0 Å². The van der Waals surface area contributed by atoms with E-state index in [2.05, 4.69) is 25.9 Å². The van der Waals surface area contributed by atoms with Crippen LogP contribution >= 0.6 is 27.3 Å². The fourth-order valence-corrected chi connectivity index (χ4v) is 4.41. The lowest BCUT2D eigenvalue weighted by Gasteiger charge is -2.21. The van der Waals surface area contributed by atoms with Crippen LogP contribution in [0.1, 0.15) is 16.3 Å². The Balaban J connectivity index is 1.62. The summed E-state index contributed by atoms with van der Waals surface area (Å²) >= 11 is 4.98. The zero-order chi connectivity index (χ0) is 20.9. The predicted molar refractivity (Wildman–Crippen MR) is 124 cm³/mol. The number of rotatable bonds is 6. The molecule has 2 aromatic carbocycles. The maximum absolute atomic E-state index is 13.0. The van der Waals surface area contributed by atoms with Crippen molar-refractivity contribution in [2.45, 2.75) is 13.1 Å². The second-order valence-electron chi connectivity index (χ2n) is 6.68. The molecular weight excluding hydrogens is 462 g/mol. The minimum absolute atomic E-state index is 0.154. The van der Waals surface area contributed by atoms with Crippen molar-refractivity contribution in [3.8, 4) is 0 Å². The molecule has 0 spiro atoms. The van der Waals surface area contributed by atoms with Gasteiger partial charge in [0.2, 0.25) is 5.91 Å². The molecular formula is C23H18BrN3O2S. The van der Waals surface area contributed by atoms with Gasteiger partial charge in [-0.05, 0) is 51.8 Å². The maximum atomic E-state index is 13.0. The highest BCUT2D eigenvalue weighted by Crippen LogP contribution is 2.23. The third-order valence-corrected chi connectivity index (χ3v) is 6.10. The molecule has 4 aromatic rings. The van der Waals surface area contributed by atoms with Crippen LogP contribution in [-0.4, -0.2) is 20.8 Å². The number of para-hydroxylation sites is 1. The molecule has 0 aliphatic heterocycles. The number of thiophene rings is 1. The van der Waals surface area contributed by atoms with Crippen molar-refractivity contribution in [3.63, 3.8) is 0 Å². The number of carbonyl (C=O) groups is 1. The number of benzene rings is 2. The second kappa shape index (κ2) is 9.19. The van der Waals surface area contributed by atoms with Crippen molar-refractivity contribution in [2.24, 2.45) is 0 Å². The molecule has 0 saturated heterocycles. The van der Waals surface area contributed by atoms with Crippen LogP contribution < -0.4 is 5.56 Å². The molecule has 0 aliphatic carbocycles. The molecule has 2 aromatic heterocycles. The van der Waals surface area contributed by atoms with Crippen LogP contribution in [0.3, 0.4) is 0 Å². The zero-order valence-electron chi connectivity index (χ0n) is 15.9. The summed E-state index contributed by atoms with van der Waals surface area (Å²) in [5, 5.41) is 0.533. The molecule has 0 saturated carbocycles. The molecule has 30 heavy (non-hydrogen) atoms. The Morgan fingerprint density at radius 3 is 2.57 bits per heavy atom. The van der Waals surface area contributed by atoms with Crippen molar-refractivity contribution < 1.29 is 4.79 Å². The van der Waals surface area contributed by atoms with Crippen molar-refractivity contribution in [1.82, 2.24) is 14.9 Å². The van der Waals surface area contributed by atoms with Gasteiger partial charge < -0.3 is 9.88 Å². The summed E-state index contributed by atoms with van der Waals surface area (Å²) < 4.78 is 1.01. The smallest absolute Gasteiger partial charge is 0.258 e. The summed E-state index contributed by atoms with van der Waals surface area (Å²) in [6, 6.07) is 20.8. The molecule has 7 heteroatoms. The van der Waals surface area contributed by atoms with E-state index >= 15 is 0 Å². The number of aromatic amines is 1. The first-order valence-corrected chi connectivity index (χ1v) is 10.9. The average molecular weight is 480 g/mol. The first kappa shape index (κ1) is 20.3. The van der Waals surface area contributed by atoms with Gasteiger partial charge in [0.05, 0.1) is 21.2 Å². The predicted octanol–water partition coefficient (Wildman–Crippen LogP) is 4.99. The largest absolute Gasteiger partial charge is 0.327 e. The molecule has 0 bridgehead atoms. The third kappa shape index (κ3) is 4.93. The Bertz CT molecular complexity index is 1260. The number of amides is 1. The minimum atomic E-state index is -0.207. The quantitative estimate of drug-likeness (QED) is 0.396. The third-order valence-electron chi connectivity index (χ3n) is 4.51.